The maximum atomic E-state index is 7.00. The van der Waals surface area contributed by atoms with Crippen molar-refractivity contribution in [2.75, 3.05) is 7.11 Å². The highest BCUT2D eigenvalue weighted by atomic mass is 35.5. The Morgan fingerprint density at radius 2 is 1.67 bits per heavy atom. The van der Waals surface area contributed by atoms with E-state index in [0.717, 1.165) is 29.6 Å². The summed E-state index contributed by atoms with van der Waals surface area (Å²) in [6.07, 6.45) is 8.46. The van der Waals surface area contributed by atoms with Crippen LogP contribution in [0.3, 0.4) is 0 Å². The normalized spacial score (nSPS) is 12.1. The van der Waals surface area contributed by atoms with Gasteiger partial charge in [0, 0.05) is 35.2 Å². The lowest BCUT2D eigenvalue weighted by molar-refractivity contribution is 0.399. The van der Waals surface area contributed by atoms with E-state index >= 15 is 0 Å². The van der Waals surface area contributed by atoms with Crippen molar-refractivity contribution >= 4 is 22.5 Å². The van der Waals surface area contributed by atoms with Crippen molar-refractivity contribution in [1.29, 1.82) is 0 Å². The Kier molecular flexibility index (Phi) is 9.81. The highest BCUT2D eigenvalue weighted by molar-refractivity contribution is 6.30. The van der Waals surface area contributed by atoms with Crippen molar-refractivity contribution in [2.45, 2.75) is 32.1 Å². The molecule has 0 radical (unpaired) electrons. The van der Waals surface area contributed by atoms with Crippen LogP contribution in [0.25, 0.3) is 22.0 Å². The SMILES string of the molecule is C=C/C=C(\C=C)CC(c1ccc(Cl)cc1)c1cccc(-c2cc(C(C)C)cc3cccnc23)c1.CO. The molecule has 0 saturated carbocycles. The van der Waals surface area contributed by atoms with Gasteiger partial charge in [-0.15, -0.1) is 0 Å². The zero-order valence-electron chi connectivity index (χ0n) is 21.3. The molecule has 1 aromatic heterocycles. The van der Waals surface area contributed by atoms with Gasteiger partial charge in [-0.25, -0.2) is 0 Å². The smallest absolute Gasteiger partial charge is 0.0780 e. The van der Waals surface area contributed by atoms with E-state index in [-0.39, 0.29) is 5.92 Å². The summed E-state index contributed by atoms with van der Waals surface area (Å²) in [5.41, 5.74) is 8.31. The molecular weight excluding hydrogens is 462 g/mol. The highest BCUT2D eigenvalue weighted by Crippen LogP contribution is 2.36. The van der Waals surface area contributed by atoms with Crippen LogP contribution in [0.15, 0.2) is 116 Å². The summed E-state index contributed by atoms with van der Waals surface area (Å²) in [5, 5.41) is 8.91. The lowest BCUT2D eigenvalue weighted by Crippen LogP contribution is -2.03. The zero-order valence-corrected chi connectivity index (χ0v) is 22.0. The molecule has 4 aromatic rings. The van der Waals surface area contributed by atoms with Gasteiger partial charge >= 0.3 is 0 Å². The Bertz CT molecular complexity index is 1350. The van der Waals surface area contributed by atoms with Crippen molar-refractivity contribution in [3.05, 3.63) is 138 Å². The number of nitrogens with zero attached hydrogens (tertiary/aromatic N) is 1. The van der Waals surface area contributed by atoms with E-state index in [2.05, 4.69) is 81.6 Å². The van der Waals surface area contributed by atoms with Gasteiger partial charge < -0.3 is 5.11 Å². The van der Waals surface area contributed by atoms with E-state index in [1.165, 1.54) is 33.2 Å². The number of halogens is 1. The lowest BCUT2D eigenvalue weighted by atomic mass is 9.84. The number of hydrogen-bond acceptors (Lipinski definition) is 2. The second kappa shape index (κ2) is 13.0. The van der Waals surface area contributed by atoms with E-state index in [0.29, 0.717) is 5.92 Å². The maximum Gasteiger partial charge on any atom is 0.0780 e. The van der Waals surface area contributed by atoms with Crippen LogP contribution >= 0.6 is 11.6 Å². The van der Waals surface area contributed by atoms with Crippen molar-refractivity contribution in [3.63, 3.8) is 0 Å². The molecule has 0 fully saturated rings. The summed E-state index contributed by atoms with van der Waals surface area (Å²) in [6.45, 7) is 12.3. The van der Waals surface area contributed by atoms with Crippen LogP contribution in [0.4, 0.5) is 0 Å². The summed E-state index contributed by atoms with van der Waals surface area (Å²) in [4.78, 5) is 4.74. The van der Waals surface area contributed by atoms with Crippen molar-refractivity contribution in [2.24, 2.45) is 0 Å². The molecule has 1 heterocycles. The number of aliphatic hydroxyl groups excluding tert-OH is 1. The minimum atomic E-state index is 0.161. The number of aliphatic hydroxyl groups is 1. The first kappa shape index (κ1) is 27.1. The Labute approximate surface area is 220 Å². The number of rotatable bonds is 8. The third-order valence-electron chi connectivity index (χ3n) is 6.30. The largest absolute Gasteiger partial charge is 0.400 e. The van der Waals surface area contributed by atoms with Gasteiger partial charge in [-0.05, 0) is 70.5 Å². The average molecular weight is 496 g/mol. The molecule has 0 aliphatic heterocycles. The van der Waals surface area contributed by atoms with Gasteiger partial charge in [0.25, 0.3) is 0 Å². The first-order valence-corrected chi connectivity index (χ1v) is 12.5. The Morgan fingerprint density at radius 1 is 0.917 bits per heavy atom. The summed E-state index contributed by atoms with van der Waals surface area (Å²) >= 11 is 6.20. The Balaban J connectivity index is 0.00000176. The number of aromatic nitrogens is 1. The summed E-state index contributed by atoms with van der Waals surface area (Å²) in [5.74, 6) is 0.599. The quantitative estimate of drug-likeness (QED) is 0.247. The number of hydrogen-bond donors (Lipinski definition) is 1. The van der Waals surface area contributed by atoms with Gasteiger partial charge in [-0.1, -0.05) is 99.3 Å². The molecule has 0 aliphatic rings. The van der Waals surface area contributed by atoms with E-state index in [1.807, 2.05) is 42.6 Å². The van der Waals surface area contributed by atoms with Gasteiger partial charge in [0.1, 0.15) is 0 Å². The van der Waals surface area contributed by atoms with Gasteiger partial charge in [0.15, 0.2) is 0 Å². The molecule has 3 aromatic carbocycles. The van der Waals surface area contributed by atoms with Crippen LogP contribution in [0, 0.1) is 0 Å². The maximum absolute atomic E-state index is 7.00. The lowest BCUT2D eigenvalue weighted by Gasteiger charge is -2.20. The number of fused-ring (bicyclic) bond motifs is 1. The fourth-order valence-electron chi connectivity index (χ4n) is 4.42. The van der Waals surface area contributed by atoms with E-state index < -0.39 is 0 Å². The van der Waals surface area contributed by atoms with Crippen molar-refractivity contribution in [3.8, 4) is 11.1 Å². The number of allylic oxidation sites excluding steroid dienone is 4. The van der Waals surface area contributed by atoms with Gasteiger partial charge in [-0.2, -0.15) is 0 Å². The van der Waals surface area contributed by atoms with Gasteiger partial charge in [0.2, 0.25) is 0 Å². The summed E-state index contributed by atoms with van der Waals surface area (Å²) < 4.78 is 0. The Morgan fingerprint density at radius 3 is 2.33 bits per heavy atom. The average Bonchev–Trinajstić information content (AvgIpc) is 2.92. The standard InChI is InChI=1S/C32H30ClN.CH4O/c1-5-9-23(6-2)18-30(24-13-15-29(33)16-14-24)25-10-7-11-26(19-25)31-21-28(22(3)4)20-27-12-8-17-34-32(27)31;1-2/h5-17,19-22,30H,1-2,18H2,3-4H3;2H,1H3/b23-9+;. The third-order valence-corrected chi connectivity index (χ3v) is 6.55. The molecule has 36 heavy (non-hydrogen) atoms. The van der Waals surface area contributed by atoms with Crippen molar-refractivity contribution in [1.82, 2.24) is 4.98 Å². The molecule has 3 heteroatoms. The molecule has 4 rings (SSSR count). The molecule has 0 spiro atoms. The second-order valence-electron chi connectivity index (χ2n) is 8.91. The van der Waals surface area contributed by atoms with Crippen LogP contribution in [0.5, 0.6) is 0 Å². The van der Waals surface area contributed by atoms with E-state index in [9.17, 15) is 0 Å². The molecule has 0 bridgehead atoms. The molecule has 1 N–H and O–H groups in total. The van der Waals surface area contributed by atoms with E-state index in [4.69, 9.17) is 21.7 Å². The van der Waals surface area contributed by atoms with Crippen molar-refractivity contribution < 1.29 is 5.11 Å². The molecule has 0 saturated heterocycles. The zero-order chi connectivity index (χ0) is 26.1. The first-order chi connectivity index (χ1) is 17.5. The highest BCUT2D eigenvalue weighted by Gasteiger charge is 2.17. The second-order valence-corrected chi connectivity index (χ2v) is 9.35. The minimum absolute atomic E-state index is 0.161. The Hall–Kier alpha value is -3.46. The molecule has 1 atom stereocenters. The van der Waals surface area contributed by atoms with Crippen LogP contribution in [0.2, 0.25) is 5.02 Å². The predicted octanol–water partition coefficient (Wildman–Crippen LogP) is 9.11. The minimum Gasteiger partial charge on any atom is -0.400 e. The topological polar surface area (TPSA) is 33.1 Å². The molecule has 0 aliphatic carbocycles. The van der Waals surface area contributed by atoms with E-state index in [1.54, 1.807) is 0 Å². The van der Waals surface area contributed by atoms with Crippen LogP contribution in [-0.4, -0.2) is 17.2 Å². The van der Waals surface area contributed by atoms with Gasteiger partial charge in [0.05, 0.1) is 5.52 Å². The fraction of sp³-hybridized carbons (Fsp3) is 0.182. The predicted molar refractivity (Wildman–Crippen MR) is 156 cm³/mol. The van der Waals surface area contributed by atoms with Crippen LogP contribution in [-0.2, 0) is 0 Å². The third kappa shape index (κ3) is 6.40. The van der Waals surface area contributed by atoms with Crippen LogP contribution < -0.4 is 0 Å². The summed E-state index contributed by atoms with van der Waals surface area (Å²) in [7, 11) is 1.00. The monoisotopic (exact) mass is 495 g/mol. The molecular formula is C33H34ClNO. The first-order valence-electron chi connectivity index (χ1n) is 12.1. The molecule has 1 unspecified atom stereocenters. The van der Waals surface area contributed by atoms with Crippen LogP contribution in [0.1, 0.15) is 48.8 Å². The molecule has 2 nitrogen and oxygen atoms in total. The molecule has 184 valence electrons. The summed E-state index contributed by atoms with van der Waals surface area (Å²) in [6, 6.07) is 25.7. The fourth-order valence-corrected chi connectivity index (χ4v) is 4.55. The number of pyridine rings is 1. The molecule has 0 amide bonds. The van der Waals surface area contributed by atoms with Gasteiger partial charge in [-0.3, -0.25) is 4.98 Å². The number of benzene rings is 3.